The average Bonchev–Trinajstić information content (AvgIpc) is 1.42. The van der Waals surface area contributed by atoms with Gasteiger partial charge in [0, 0.05) is 123 Å². The van der Waals surface area contributed by atoms with E-state index in [4.69, 9.17) is 47.7 Å². The Hall–Kier alpha value is -6.29. The maximum atomic E-state index is 12.2. The summed E-state index contributed by atoms with van der Waals surface area (Å²) >= 11 is 0. The van der Waals surface area contributed by atoms with Crippen LogP contribution in [0.5, 0.6) is 0 Å². The van der Waals surface area contributed by atoms with Crippen molar-refractivity contribution in [3.8, 4) is 6.07 Å². The summed E-state index contributed by atoms with van der Waals surface area (Å²) in [6, 6.07) is 8.67. The molecular weight excluding hydrogens is 1520 g/mol. The summed E-state index contributed by atoms with van der Waals surface area (Å²) in [7, 11) is -3.77. The quantitative estimate of drug-likeness (QED) is 0.0696. The summed E-state index contributed by atoms with van der Waals surface area (Å²) in [4.78, 5) is 96.4. The number of hydrogen-bond donors (Lipinski definition) is 2. The van der Waals surface area contributed by atoms with Crippen LogP contribution in [0.15, 0.2) is 29.2 Å². The van der Waals surface area contributed by atoms with Gasteiger partial charge in [-0.15, -0.1) is 0 Å². The van der Waals surface area contributed by atoms with Gasteiger partial charge in [0.15, 0.2) is 0 Å². The van der Waals surface area contributed by atoms with E-state index in [0.717, 1.165) is 136 Å². The van der Waals surface area contributed by atoms with Gasteiger partial charge < -0.3 is 87.6 Å². The zero-order valence-electron chi connectivity index (χ0n) is 76.6. The summed E-state index contributed by atoms with van der Waals surface area (Å²) in [5.41, 5.74) is -1.66. The first-order valence-corrected chi connectivity index (χ1v) is 44.3. The summed E-state index contributed by atoms with van der Waals surface area (Å²) in [6.07, 6.45) is 11.0. The van der Waals surface area contributed by atoms with Gasteiger partial charge in [-0.2, -0.15) is 13.7 Å². The summed E-state index contributed by atoms with van der Waals surface area (Å²) < 4.78 is 66.3. The highest BCUT2D eigenvalue weighted by molar-refractivity contribution is 7.86. The molecule has 29 heteroatoms. The molecule has 0 aromatic heterocycles. The van der Waals surface area contributed by atoms with E-state index >= 15 is 0 Å². The Morgan fingerprint density at radius 3 is 1.03 bits per heavy atom. The first-order valence-electron chi connectivity index (χ1n) is 42.9. The Bertz CT molecular complexity index is 3040. The zero-order valence-corrected chi connectivity index (χ0v) is 77.4. The number of likely N-dealkylation sites (tertiary alicyclic amines) is 6. The molecule has 0 unspecified atom stereocenters. The van der Waals surface area contributed by atoms with Gasteiger partial charge >= 0.3 is 36.6 Å². The maximum Gasteiger partial charge on any atom is 0.410 e. The molecule has 1 aromatic carbocycles. The SMILES string of the molecule is C.C1CCOC1.CC(C)(C)OC(=O)N1CC[C@H](CC#N)C1.CC(C)(C)OC(=O)N1CC[C@H](CC=O)C1.CC(C)(C)OC(=O)N1CC[C@H](CO)C1.CCN(CC)CC[C@H]1CCN(C(=O)OC(C)(C)C)C1.CCN(CC)CC[C@H]1CCN(C(=O)OC(C)(C)C)C1.CCNCC.Cc1ccc(S(=O)(=O)OC[C@H]2CCN(C(=O)OC(C)(C)C)C2)cc1. The summed E-state index contributed by atoms with van der Waals surface area (Å²) in [6.45, 7) is 68.0. The Labute approximate surface area is 708 Å². The van der Waals surface area contributed by atoms with Crippen LogP contribution in [-0.4, -0.2) is 286 Å². The Morgan fingerprint density at radius 2 is 0.761 bits per heavy atom. The number of aliphatic hydroxyl groups is 1. The van der Waals surface area contributed by atoms with E-state index in [2.05, 4.69) is 62.7 Å². The zero-order chi connectivity index (χ0) is 88.3. The van der Waals surface area contributed by atoms with Crippen molar-refractivity contribution in [2.45, 2.75) is 296 Å². The van der Waals surface area contributed by atoms with Crippen LogP contribution in [0.3, 0.4) is 0 Å². The minimum atomic E-state index is -3.77. The van der Waals surface area contributed by atoms with Crippen LogP contribution in [0.2, 0.25) is 0 Å². The van der Waals surface area contributed by atoms with Gasteiger partial charge in [0.25, 0.3) is 10.1 Å². The van der Waals surface area contributed by atoms with Crippen molar-refractivity contribution in [3.05, 3.63) is 29.8 Å². The van der Waals surface area contributed by atoms with Crippen LogP contribution < -0.4 is 5.32 Å². The van der Waals surface area contributed by atoms with Crippen LogP contribution >= 0.6 is 0 Å². The van der Waals surface area contributed by atoms with E-state index in [1.54, 1.807) is 31.7 Å². The Morgan fingerprint density at radius 1 is 0.479 bits per heavy atom. The molecule has 0 bridgehead atoms. The fourth-order valence-corrected chi connectivity index (χ4v) is 13.8. The van der Waals surface area contributed by atoms with E-state index < -0.39 is 43.7 Å². The van der Waals surface area contributed by atoms with E-state index in [9.17, 15) is 42.0 Å². The smallest absolute Gasteiger partial charge is 0.410 e. The average molecular weight is 1680 g/mol. The Balaban J connectivity index is 0.00000135. The number of nitrogens with one attached hydrogen (secondary N) is 1. The second kappa shape index (κ2) is 55.6. The number of aldehydes is 1. The molecule has 7 heterocycles. The van der Waals surface area contributed by atoms with Crippen molar-refractivity contribution in [1.29, 1.82) is 5.26 Å². The van der Waals surface area contributed by atoms with Crippen molar-refractivity contribution < 1.29 is 84.4 Å². The number of nitriles is 1. The number of ether oxygens (including phenoxy) is 7. The van der Waals surface area contributed by atoms with Crippen molar-refractivity contribution >= 4 is 53.0 Å². The monoisotopic (exact) mass is 1680 g/mol. The third-order valence-electron chi connectivity index (χ3n) is 19.3. The molecule has 0 radical (unpaired) electrons. The summed E-state index contributed by atoms with van der Waals surface area (Å²) in [5, 5.41) is 20.6. The predicted molar refractivity (Wildman–Crippen MR) is 464 cm³/mol. The standard InChI is InChI=1S/C17H25NO5S.2C15H30N2O2.C11H18N2O2.C11H19NO3.C10H19NO3.C4H11N.C4H8O.CH4/c1-13-5-7-15(8-6-13)24(20,21)22-12-14-9-10-18(11-14)16(19)23-17(2,3)4;2*1-6-16(7-2)10-8-13-9-11-17(12-13)14(18)19-15(3,4)5;1-11(2,3)15-10(14)13-7-5-9(8-13)4-6-12;1-11(2,3)15-10(14)12-6-4-9(8-12)5-7-13;1-10(2,3)14-9(13)11-5-4-8(6-11)7-12;1-3-5-4-2;1-2-4-5-3-1;/h5-8,14H,9-12H2,1-4H3;2*13H,6-12H2,1-5H3;9H,4-5,7-8H2,1-3H3;7,9H,4-6,8H2,1-3H3;8,12H,4-7H2,1-3H3;5H,3-4H2,1-2H3;1-4H2;1H4/t14-;2*13-;2*9-;8-;;;/m000010.../s1. The minimum absolute atomic E-state index is 0. The number of aryl methyl sites for hydroxylation is 1. The molecule has 1 aromatic rings. The van der Waals surface area contributed by atoms with Gasteiger partial charge in [0.1, 0.15) is 39.9 Å². The molecule has 7 aliphatic heterocycles. The number of hydrogen-bond acceptors (Lipinski definition) is 22. The lowest BCUT2D eigenvalue weighted by Gasteiger charge is -2.24. The van der Waals surface area contributed by atoms with Gasteiger partial charge in [-0.3, -0.25) is 4.18 Å². The number of nitrogens with zero attached hydrogens (tertiary/aromatic N) is 9. The fraction of sp³-hybridized carbons (Fsp3) is 0.841. The Kier molecular flexibility index (Phi) is 52.6. The number of rotatable bonds is 20. The molecule has 7 fully saturated rings. The molecule has 6 atom stereocenters. The van der Waals surface area contributed by atoms with Gasteiger partial charge in [-0.25, -0.2) is 28.8 Å². The van der Waals surface area contributed by atoms with E-state index in [0.29, 0.717) is 95.3 Å². The first kappa shape index (κ1) is 111. The van der Waals surface area contributed by atoms with E-state index in [1.807, 2.05) is 141 Å². The molecule has 0 saturated carbocycles. The molecule has 680 valence electrons. The third-order valence-corrected chi connectivity index (χ3v) is 20.6. The van der Waals surface area contributed by atoms with Gasteiger partial charge in [0.05, 0.1) is 17.6 Å². The number of aliphatic hydroxyl groups excluding tert-OH is 1. The number of benzene rings is 1. The normalized spacial score (nSPS) is 19.9. The van der Waals surface area contributed by atoms with Crippen LogP contribution in [0.25, 0.3) is 0 Å². The largest absolute Gasteiger partial charge is 0.444 e. The second-order valence-electron chi connectivity index (χ2n) is 36.9. The van der Waals surface area contributed by atoms with Gasteiger partial charge in [-0.1, -0.05) is 66.7 Å². The van der Waals surface area contributed by atoms with E-state index in [-0.39, 0.29) is 73.9 Å². The summed E-state index contributed by atoms with van der Waals surface area (Å²) in [5.74, 6) is 2.11. The van der Waals surface area contributed by atoms with Crippen LogP contribution in [0, 0.1) is 53.8 Å². The van der Waals surface area contributed by atoms with Crippen molar-refractivity contribution in [1.82, 2.24) is 44.5 Å². The molecule has 117 heavy (non-hydrogen) atoms. The molecule has 0 aliphatic carbocycles. The van der Waals surface area contributed by atoms with Crippen molar-refractivity contribution in [3.63, 3.8) is 0 Å². The number of amides is 6. The highest BCUT2D eigenvalue weighted by Gasteiger charge is 2.36. The van der Waals surface area contributed by atoms with Crippen LogP contribution in [0.1, 0.15) is 256 Å². The molecule has 7 saturated heterocycles. The molecule has 8 rings (SSSR count). The highest BCUT2D eigenvalue weighted by Crippen LogP contribution is 2.28. The van der Waals surface area contributed by atoms with E-state index in [1.165, 1.54) is 37.8 Å². The van der Waals surface area contributed by atoms with Crippen molar-refractivity contribution in [2.75, 3.05) is 157 Å². The van der Waals surface area contributed by atoms with Crippen LogP contribution in [-0.2, 0) is 52.3 Å². The fourth-order valence-electron chi connectivity index (χ4n) is 12.9. The molecule has 7 aliphatic rings. The first-order chi connectivity index (χ1) is 53.9. The molecule has 28 nitrogen and oxygen atoms in total. The highest BCUT2D eigenvalue weighted by atomic mass is 32.2. The third kappa shape index (κ3) is 51.8. The minimum Gasteiger partial charge on any atom is -0.444 e. The van der Waals surface area contributed by atoms with Gasteiger partial charge in [0.2, 0.25) is 0 Å². The lowest BCUT2D eigenvalue weighted by molar-refractivity contribution is -0.108. The lowest BCUT2D eigenvalue weighted by Crippen LogP contribution is -2.35. The molecular formula is C88H164N10O18S. The van der Waals surface area contributed by atoms with Crippen molar-refractivity contribution in [2.24, 2.45) is 35.5 Å². The molecule has 2 N–H and O–H groups in total. The molecule has 6 amide bonds. The van der Waals surface area contributed by atoms with Crippen LogP contribution in [0.4, 0.5) is 28.8 Å². The second-order valence-corrected chi connectivity index (χ2v) is 38.5. The lowest BCUT2D eigenvalue weighted by atomic mass is 10.0. The number of carbonyl (C=O) groups is 7. The predicted octanol–water partition coefficient (Wildman–Crippen LogP) is 16.2. The maximum absolute atomic E-state index is 12.2. The number of carbonyl (C=O) groups excluding carboxylic acids is 7. The topological polar surface area (TPSA) is 309 Å². The molecule has 0 spiro atoms. The van der Waals surface area contributed by atoms with Gasteiger partial charge in [-0.05, 0) is 284 Å².